The van der Waals surface area contributed by atoms with Gasteiger partial charge in [-0.25, -0.2) is 9.78 Å². The number of ketones is 1. The van der Waals surface area contributed by atoms with Gasteiger partial charge in [0.1, 0.15) is 10.7 Å². The molecule has 0 saturated carbocycles. The number of nitrogens with one attached hydrogen (secondary N) is 1. The molecule has 0 radical (unpaired) electrons. The molecule has 5 nitrogen and oxygen atoms in total. The van der Waals surface area contributed by atoms with Crippen molar-refractivity contribution in [3.05, 3.63) is 35.2 Å². The van der Waals surface area contributed by atoms with Gasteiger partial charge < -0.3 is 14.8 Å². The minimum Gasteiger partial charge on any atom is -0.462 e. The van der Waals surface area contributed by atoms with E-state index >= 15 is 0 Å². The van der Waals surface area contributed by atoms with Gasteiger partial charge in [-0.1, -0.05) is 41.7 Å². The van der Waals surface area contributed by atoms with E-state index in [1.807, 2.05) is 30.3 Å². The van der Waals surface area contributed by atoms with Crippen LogP contribution in [-0.4, -0.2) is 29.9 Å². The standard InChI is InChI=1S/C17H20N2O3S/c1-3-22-16(21)15-14(13-9-5-4-6-10-13)19-17(23-15)18-11-7-8-12(2)20/h4-6,9-10H,3,7-8,11H2,1-2H3,(H,18,19). The number of ether oxygens (including phenoxy) is 1. The van der Waals surface area contributed by atoms with Crippen molar-refractivity contribution in [1.82, 2.24) is 4.98 Å². The van der Waals surface area contributed by atoms with Gasteiger partial charge in [-0.05, 0) is 20.3 Å². The topological polar surface area (TPSA) is 68.3 Å². The van der Waals surface area contributed by atoms with Gasteiger partial charge in [0.25, 0.3) is 0 Å². The third-order valence-electron chi connectivity index (χ3n) is 3.12. The number of carbonyl (C=O) groups excluding carboxylic acids is 2. The molecule has 2 rings (SSSR count). The molecule has 1 aromatic heterocycles. The van der Waals surface area contributed by atoms with Crippen molar-refractivity contribution in [3.8, 4) is 11.3 Å². The summed E-state index contributed by atoms with van der Waals surface area (Å²) in [4.78, 5) is 28.1. The largest absolute Gasteiger partial charge is 0.462 e. The lowest BCUT2D eigenvalue weighted by atomic mass is 10.1. The van der Waals surface area contributed by atoms with Crippen molar-refractivity contribution in [3.63, 3.8) is 0 Å². The third-order valence-corrected chi connectivity index (χ3v) is 4.11. The van der Waals surface area contributed by atoms with Crippen LogP contribution in [0.3, 0.4) is 0 Å². The van der Waals surface area contributed by atoms with Gasteiger partial charge in [0.2, 0.25) is 0 Å². The van der Waals surface area contributed by atoms with Crippen LogP contribution in [0.2, 0.25) is 0 Å². The van der Waals surface area contributed by atoms with E-state index in [1.54, 1.807) is 13.8 Å². The molecule has 1 N–H and O–H groups in total. The number of esters is 1. The Balaban J connectivity index is 2.18. The van der Waals surface area contributed by atoms with Gasteiger partial charge in [-0.15, -0.1) is 0 Å². The molecule has 0 aliphatic rings. The van der Waals surface area contributed by atoms with Gasteiger partial charge in [0, 0.05) is 18.5 Å². The average Bonchev–Trinajstić information content (AvgIpc) is 2.97. The van der Waals surface area contributed by atoms with Gasteiger partial charge in [-0.3, -0.25) is 0 Å². The highest BCUT2D eigenvalue weighted by Crippen LogP contribution is 2.31. The fraction of sp³-hybridized carbons (Fsp3) is 0.353. The maximum absolute atomic E-state index is 12.1. The molecule has 122 valence electrons. The Kier molecular flexibility index (Phi) is 6.29. The second-order valence-corrected chi connectivity index (χ2v) is 6.01. The molecule has 23 heavy (non-hydrogen) atoms. The molecule has 1 heterocycles. The number of aromatic nitrogens is 1. The molecule has 0 spiro atoms. The molecule has 0 amide bonds. The van der Waals surface area contributed by atoms with Crippen molar-refractivity contribution in [2.24, 2.45) is 0 Å². The van der Waals surface area contributed by atoms with Gasteiger partial charge in [-0.2, -0.15) is 0 Å². The van der Waals surface area contributed by atoms with Gasteiger partial charge in [0.05, 0.1) is 12.3 Å². The zero-order valence-electron chi connectivity index (χ0n) is 13.3. The van der Waals surface area contributed by atoms with E-state index in [-0.39, 0.29) is 11.8 Å². The van der Waals surface area contributed by atoms with E-state index in [2.05, 4.69) is 10.3 Å². The molecular formula is C17H20N2O3S. The molecule has 0 bridgehead atoms. The van der Waals surface area contributed by atoms with Crippen LogP contribution >= 0.6 is 11.3 Å². The van der Waals surface area contributed by atoms with Gasteiger partial charge >= 0.3 is 5.97 Å². The number of benzene rings is 1. The lowest BCUT2D eigenvalue weighted by Crippen LogP contribution is -2.03. The summed E-state index contributed by atoms with van der Waals surface area (Å²) < 4.78 is 5.12. The average molecular weight is 332 g/mol. The Morgan fingerprint density at radius 3 is 2.65 bits per heavy atom. The van der Waals surface area contributed by atoms with Gasteiger partial charge in [0.15, 0.2) is 5.13 Å². The first kappa shape index (κ1) is 17.1. The predicted octanol–water partition coefficient (Wildman–Crippen LogP) is 3.77. The quantitative estimate of drug-likeness (QED) is 0.589. The van der Waals surface area contributed by atoms with Crippen molar-refractivity contribution >= 4 is 28.2 Å². The summed E-state index contributed by atoms with van der Waals surface area (Å²) >= 11 is 1.28. The molecule has 0 saturated heterocycles. The maximum Gasteiger partial charge on any atom is 0.350 e. The van der Waals surface area contributed by atoms with Crippen LogP contribution in [0.1, 0.15) is 36.4 Å². The summed E-state index contributed by atoms with van der Waals surface area (Å²) in [6, 6.07) is 9.56. The van der Waals surface area contributed by atoms with E-state index in [0.29, 0.717) is 35.3 Å². The van der Waals surface area contributed by atoms with Crippen molar-refractivity contribution in [2.75, 3.05) is 18.5 Å². The first-order valence-corrected chi connectivity index (χ1v) is 8.40. The summed E-state index contributed by atoms with van der Waals surface area (Å²) in [6.45, 7) is 4.33. The Labute approximate surface area is 139 Å². The number of anilines is 1. The molecule has 0 fully saturated rings. The first-order valence-electron chi connectivity index (χ1n) is 7.58. The maximum atomic E-state index is 12.1. The summed E-state index contributed by atoms with van der Waals surface area (Å²) in [5.74, 6) is -0.191. The summed E-state index contributed by atoms with van der Waals surface area (Å²) in [5.41, 5.74) is 1.51. The minimum absolute atomic E-state index is 0.170. The van der Waals surface area contributed by atoms with Crippen LogP contribution in [0.4, 0.5) is 5.13 Å². The smallest absolute Gasteiger partial charge is 0.350 e. The van der Waals surface area contributed by atoms with Crippen LogP contribution in [0, 0.1) is 0 Å². The summed E-state index contributed by atoms with van der Waals surface area (Å²) in [7, 11) is 0. The highest BCUT2D eigenvalue weighted by atomic mass is 32.1. The fourth-order valence-corrected chi connectivity index (χ4v) is 2.96. The minimum atomic E-state index is -0.361. The lowest BCUT2D eigenvalue weighted by molar-refractivity contribution is -0.117. The molecular weight excluding hydrogens is 312 g/mol. The van der Waals surface area contributed by atoms with Crippen LogP contribution in [-0.2, 0) is 9.53 Å². The fourth-order valence-electron chi connectivity index (χ4n) is 2.06. The summed E-state index contributed by atoms with van der Waals surface area (Å²) in [5, 5.41) is 3.84. The van der Waals surface area contributed by atoms with Crippen LogP contribution in [0.25, 0.3) is 11.3 Å². The number of nitrogens with zero attached hydrogens (tertiary/aromatic N) is 1. The molecule has 0 aliphatic heterocycles. The van der Waals surface area contributed by atoms with Crippen LogP contribution in [0.5, 0.6) is 0 Å². The Hall–Kier alpha value is -2.21. The third kappa shape index (κ3) is 4.89. The predicted molar refractivity (Wildman–Crippen MR) is 91.9 cm³/mol. The number of hydrogen-bond donors (Lipinski definition) is 1. The zero-order chi connectivity index (χ0) is 16.7. The number of Topliss-reactive ketones (excluding diaryl/α,β-unsaturated/α-hetero) is 1. The molecule has 2 aromatic rings. The number of thiazole rings is 1. The van der Waals surface area contributed by atoms with Crippen molar-refractivity contribution < 1.29 is 14.3 Å². The number of hydrogen-bond acceptors (Lipinski definition) is 6. The number of rotatable bonds is 8. The van der Waals surface area contributed by atoms with E-state index < -0.39 is 0 Å². The van der Waals surface area contributed by atoms with E-state index in [1.165, 1.54) is 11.3 Å². The van der Waals surface area contributed by atoms with E-state index in [9.17, 15) is 9.59 Å². The molecule has 6 heteroatoms. The first-order chi connectivity index (χ1) is 11.1. The lowest BCUT2D eigenvalue weighted by Gasteiger charge is -2.01. The van der Waals surface area contributed by atoms with E-state index in [0.717, 1.165) is 12.0 Å². The second kappa shape index (κ2) is 8.43. The van der Waals surface area contributed by atoms with Crippen molar-refractivity contribution in [2.45, 2.75) is 26.7 Å². The highest BCUT2D eigenvalue weighted by molar-refractivity contribution is 7.17. The molecule has 1 aromatic carbocycles. The second-order valence-electron chi connectivity index (χ2n) is 5.02. The summed E-state index contributed by atoms with van der Waals surface area (Å²) in [6.07, 6.45) is 1.28. The monoisotopic (exact) mass is 332 g/mol. The molecule has 0 aliphatic carbocycles. The zero-order valence-corrected chi connectivity index (χ0v) is 14.1. The van der Waals surface area contributed by atoms with E-state index in [4.69, 9.17) is 4.74 Å². The Bertz CT molecular complexity index is 668. The normalized spacial score (nSPS) is 10.3. The Morgan fingerprint density at radius 2 is 2.00 bits per heavy atom. The molecule has 0 atom stereocenters. The van der Waals surface area contributed by atoms with Crippen LogP contribution < -0.4 is 5.32 Å². The SMILES string of the molecule is CCOC(=O)c1sc(NCCCC(C)=O)nc1-c1ccccc1. The molecule has 0 unspecified atom stereocenters. The Morgan fingerprint density at radius 1 is 1.26 bits per heavy atom. The van der Waals surface area contributed by atoms with Crippen molar-refractivity contribution in [1.29, 1.82) is 0 Å². The highest BCUT2D eigenvalue weighted by Gasteiger charge is 2.20. The van der Waals surface area contributed by atoms with Crippen LogP contribution in [0.15, 0.2) is 30.3 Å². The number of carbonyl (C=O) groups is 2.